The predicted molar refractivity (Wildman–Crippen MR) is 111 cm³/mol. The van der Waals surface area contributed by atoms with Crippen LogP contribution >= 0.6 is 27.5 Å². The summed E-state index contributed by atoms with van der Waals surface area (Å²) in [7, 11) is -3.95. The molecule has 0 aliphatic carbocycles. The van der Waals surface area contributed by atoms with Crippen molar-refractivity contribution in [3.05, 3.63) is 87.9 Å². The van der Waals surface area contributed by atoms with Gasteiger partial charge in [0.25, 0.3) is 15.9 Å². The number of amides is 1. The lowest BCUT2D eigenvalue weighted by Crippen LogP contribution is -2.16. The molecule has 0 saturated carbocycles. The zero-order valence-electron chi connectivity index (χ0n) is 13.8. The Kier molecular flexibility index (Phi) is 5.84. The predicted octanol–water partition coefficient (Wildman–Crippen LogP) is 5.16. The Hall–Kier alpha value is -2.35. The monoisotopic (exact) mass is 464 g/mol. The Balaban J connectivity index is 1.87. The van der Waals surface area contributed by atoms with Gasteiger partial charge in [-0.25, -0.2) is 8.42 Å². The highest BCUT2D eigenvalue weighted by Crippen LogP contribution is 2.25. The van der Waals surface area contributed by atoms with Crippen molar-refractivity contribution >= 4 is 54.8 Å². The van der Waals surface area contributed by atoms with E-state index in [4.69, 9.17) is 11.6 Å². The first-order valence-electron chi connectivity index (χ1n) is 7.79. The van der Waals surface area contributed by atoms with Crippen LogP contribution in [-0.4, -0.2) is 14.3 Å². The van der Waals surface area contributed by atoms with E-state index in [2.05, 4.69) is 26.0 Å². The Morgan fingerprint density at radius 1 is 0.889 bits per heavy atom. The average molecular weight is 466 g/mol. The maximum Gasteiger partial charge on any atom is 0.263 e. The maximum absolute atomic E-state index is 12.7. The number of nitrogens with one attached hydrogen (secondary N) is 2. The molecule has 0 spiro atoms. The van der Waals surface area contributed by atoms with Gasteiger partial charge in [0.15, 0.2) is 0 Å². The van der Waals surface area contributed by atoms with E-state index in [1.54, 1.807) is 54.6 Å². The van der Waals surface area contributed by atoms with Gasteiger partial charge in [-0.15, -0.1) is 0 Å². The van der Waals surface area contributed by atoms with Crippen molar-refractivity contribution in [1.29, 1.82) is 0 Å². The van der Waals surface area contributed by atoms with E-state index >= 15 is 0 Å². The molecule has 1 amide bonds. The number of benzene rings is 3. The molecule has 0 aromatic heterocycles. The molecule has 0 heterocycles. The lowest BCUT2D eigenvalue weighted by atomic mass is 10.2. The lowest BCUT2D eigenvalue weighted by molar-refractivity contribution is 0.102. The van der Waals surface area contributed by atoms with Crippen LogP contribution in [0.25, 0.3) is 0 Å². The third kappa shape index (κ3) is 4.88. The van der Waals surface area contributed by atoms with E-state index in [-0.39, 0.29) is 15.5 Å². The van der Waals surface area contributed by atoms with Gasteiger partial charge in [-0.05, 0) is 54.6 Å². The van der Waals surface area contributed by atoms with Crippen LogP contribution < -0.4 is 10.0 Å². The third-order valence-electron chi connectivity index (χ3n) is 3.61. The fourth-order valence-corrected chi connectivity index (χ4v) is 4.15. The molecule has 0 saturated heterocycles. The first-order valence-corrected chi connectivity index (χ1v) is 10.4. The number of para-hydroxylation sites is 1. The summed E-state index contributed by atoms with van der Waals surface area (Å²) in [6.45, 7) is 0. The van der Waals surface area contributed by atoms with Crippen molar-refractivity contribution in [1.82, 2.24) is 0 Å². The van der Waals surface area contributed by atoms with E-state index in [1.807, 2.05) is 0 Å². The number of hydrogen-bond acceptors (Lipinski definition) is 3. The van der Waals surface area contributed by atoms with Gasteiger partial charge in [0.05, 0.1) is 5.02 Å². The van der Waals surface area contributed by atoms with Crippen LogP contribution in [0.2, 0.25) is 5.02 Å². The minimum Gasteiger partial charge on any atom is -0.322 e. The molecule has 0 radical (unpaired) electrons. The topological polar surface area (TPSA) is 75.3 Å². The van der Waals surface area contributed by atoms with E-state index in [0.29, 0.717) is 11.4 Å². The summed E-state index contributed by atoms with van der Waals surface area (Å²) in [4.78, 5) is 12.3. The number of hydrogen-bond donors (Lipinski definition) is 2. The molecular weight excluding hydrogens is 452 g/mol. The second-order valence-electron chi connectivity index (χ2n) is 5.58. The van der Waals surface area contributed by atoms with Crippen molar-refractivity contribution in [3.8, 4) is 0 Å². The molecule has 8 heteroatoms. The molecule has 27 heavy (non-hydrogen) atoms. The van der Waals surface area contributed by atoms with Gasteiger partial charge in [-0.2, -0.15) is 0 Å². The summed E-state index contributed by atoms with van der Waals surface area (Å²) < 4.78 is 28.7. The number of rotatable bonds is 5. The van der Waals surface area contributed by atoms with Gasteiger partial charge in [0, 0.05) is 21.4 Å². The van der Waals surface area contributed by atoms with E-state index in [0.717, 1.165) is 4.47 Å². The fourth-order valence-electron chi connectivity index (χ4n) is 2.30. The Morgan fingerprint density at radius 3 is 2.22 bits per heavy atom. The molecule has 3 rings (SSSR count). The molecule has 0 unspecified atom stereocenters. The van der Waals surface area contributed by atoms with Crippen LogP contribution in [0.5, 0.6) is 0 Å². The van der Waals surface area contributed by atoms with E-state index in [1.165, 1.54) is 18.2 Å². The van der Waals surface area contributed by atoms with Crippen LogP contribution in [-0.2, 0) is 10.0 Å². The summed E-state index contributed by atoms with van der Waals surface area (Å²) in [5.41, 5.74) is 1.17. The quantitative estimate of drug-likeness (QED) is 0.547. The minimum atomic E-state index is -3.95. The van der Waals surface area contributed by atoms with Crippen molar-refractivity contribution in [2.24, 2.45) is 0 Å². The third-order valence-corrected chi connectivity index (χ3v) is 6.00. The summed E-state index contributed by atoms with van der Waals surface area (Å²) in [5.74, 6) is -0.440. The minimum absolute atomic E-state index is 0.0265. The van der Waals surface area contributed by atoms with Gasteiger partial charge < -0.3 is 5.32 Å². The molecule has 5 nitrogen and oxygen atoms in total. The molecule has 2 N–H and O–H groups in total. The summed E-state index contributed by atoms with van der Waals surface area (Å²) in [6.07, 6.45) is 0. The second-order valence-corrected chi connectivity index (χ2v) is 8.55. The van der Waals surface area contributed by atoms with E-state index in [9.17, 15) is 13.2 Å². The summed E-state index contributed by atoms with van der Waals surface area (Å²) in [5, 5.41) is 2.74. The van der Waals surface area contributed by atoms with Gasteiger partial charge in [0.1, 0.15) is 4.90 Å². The molecule has 0 aliphatic heterocycles. The normalized spacial score (nSPS) is 11.0. The highest BCUT2D eigenvalue weighted by Gasteiger charge is 2.20. The number of carbonyl (C=O) groups excluding carboxylic acids is 1. The molecule has 0 atom stereocenters. The SMILES string of the molecule is O=C(Nc1ccc(Br)cc1)c1ccc(Cl)c(S(=O)(=O)Nc2ccccc2)c1. The van der Waals surface area contributed by atoms with Crippen LogP contribution in [0.3, 0.4) is 0 Å². The number of anilines is 2. The van der Waals surface area contributed by atoms with Gasteiger partial charge >= 0.3 is 0 Å². The highest BCUT2D eigenvalue weighted by molar-refractivity contribution is 9.10. The molecule has 0 fully saturated rings. The summed E-state index contributed by atoms with van der Waals surface area (Å²) in [6, 6.07) is 19.6. The van der Waals surface area contributed by atoms with Crippen molar-refractivity contribution < 1.29 is 13.2 Å². The largest absolute Gasteiger partial charge is 0.322 e. The molecule has 3 aromatic carbocycles. The average Bonchev–Trinajstić information content (AvgIpc) is 2.64. The van der Waals surface area contributed by atoms with Gasteiger partial charge in [-0.1, -0.05) is 45.7 Å². The lowest BCUT2D eigenvalue weighted by Gasteiger charge is -2.11. The van der Waals surface area contributed by atoms with Crippen LogP contribution in [0.15, 0.2) is 82.2 Å². The van der Waals surface area contributed by atoms with Crippen LogP contribution in [0.1, 0.15) is 10.4 Å². The number of sulfonamides is 1. The molecule has 0 bridgehead atoms. The molecular formula is C19H14BrClN2O3S. The fraction of sp³-hybridized carbons (Fsp3) is 0. The van der Waals surface area contributed by atoms with Crippen LogP contribution in [0.4, 0.5) is 11.4 Å². The Labute approximate surface area is 170 Å². The van der Waals surface area contributed by atoms with Crippen molar-refractivity contribution in [3.63, 3.8) is 0 Å². The second kappa shape index (κ2) is 8.12. The first kappa shape index (κ1) is 19.4. The smallest absolute Gasteiger partial charge is 0.263 e. The standard InChI is InChI=1S/C19H14BrClN2O3S/c20-14-7-9-15(10-8-14)22-19(24)13-6-11-17(21)18(12-13)27(25,26)23-16-4-2-1-3-5-16/h1-12,23H,(H,22,24). The number of carbonyl (C=O) groups is 1. The van der Waals surface area contributed by atoms with Crippen LogP contribution in [0, 0.1) is 0 Å². The Bertz CT molecular complexity index is 1070. The van der Waals surface area contributed by atoms with Gasteiger partial charge in [0.2, 0.25) is 0 Å². The highest BCUT2D eigenvalue weighted by atomic mass is 79.9. The number of halogens is 2. The van der Waals surface area contributed by atoms with Crippen molar-refractivity contribution in [2.75, 3.05) is 10.0 Å². The zero-order chi connectivity index (χ0) is 19.4. The van der Waals surface area contributed by atoms with Crippen molar-refractivity contribution in [2.45, 2.75) is 4.90 Å². The molecule has 138 valence electrons. The van der Waals surface area contributed by atoms with Gasteiger partial charge in [-0.3, -0.25) is 9.52 Å². The summed E-state index contributed by atoms with van der Waals surface area (Å²) >= 11 is 9.40. The maximum atomic E-state index is 12.7. The molecule has 3 aromatic rings. The first-order chi connectivity index (χ1) is 12.8. The van der Waals surface area contributed by atoms with E-state index < -0.39 is 15.9 Å². The molecule has 0 aliphatic rings. The Morgan fingerprint density at radius 2 is 1.56 bits per heavy atom. The zero-order valence-corrected chi connectivity index (χ0v) is 17.0.